The lowest BCUT2D eigenvalue weighted by atomic mass is 9.98. The number of pyridine rings is 1. The van der Waals surface area contributed by atoms with Crippen molar-refractivity contribution in [1.82, 2.24) is 10.3 Å². The minimum absolute atomic E-state index is 0.0366. The third-order valence-corrected chi connectivity index (χ3v) is 5.69. The summed E-state index contributed by atoms with van der Waals surface area (Å²) in [4.78, 5) is 42.0. The van der Waals surface area contributed by atoms with Crippen LogP contribution >= 0.6 is 0 Å². The molecule has 1 aromatic heterocycles. The van der Waals surface area contributed by atoms with Gasteiger partial charge < -0.3 is 24.5 Å². The molecular weight excluding hydrogens is 448 g/mol. The first kappa shape index (κ1) is 23.6. The first-order valence-corrected chi connectivity index (χ1v) is 10.8. The number of amides is 1. The van der Waals surface area contributed by atoms with Gasteiger partial charge in [0.05, 0.1) is 32.4 Å². The van der Waals surface area contributed by atoms with Gasteiger partial charge in [0, 0.05) is 23.1 Å². The molecular formula is C27H24N2O6. The van der Waals surface area contributed by atoms with Crippen LogP contribution in [0, 0.1) is 0 Å². The van der Waals surface area contributed by atoms with Gasteiger partial charge in [-0.1, -0.05) is 30.3 Å². The van der Waals surface area contributed by atoms with Gasteiger partial charge in [-0.3, -0.25) is 9.59 Å². The number of hydrogen-bond acceptors (Lipinski definition) is 6. The molecule has 0 spiro atoms. The van der Waals surface area contributed by atoms with E-state index in [1.165, 1.54) is 21.3 Å². The zero-order valence-electron chi connectivity index (χ0n) is 19.5. The highest BCUT2D eigenvalue weighted by atomic mass is 16.5. The number of nitrogens with one attached hydrogen (secondary N) is 2. The average molecular weight is 472 g/mol. The molecule has 0 bridgehead atoms. The second kappa shape index (κ2) is 10.1. The molecule has 0 fully saturated rings. The van der Waals surface area contributed by atoms with Crippen LogP contribution in [0.15, 0.2) is 71.5 Å². The Morgan fingerprint density at radius 3 is 2.23 bits per heavy atom. The third kappa shape index (κ3) is 4.59. The number of benzene rings is 3. The van der Waals surface area contributed by atoms with Crippen LogP contribution in [0.1, 0.15) is 26.4 Å². The number of carbonyl (C=O) groups excluding carboxylic acids is 2. The lowest BCUT2D eigenvalue weighted by Gasteiger charge is -2.16. The van der Waals surface area contributed by atoms with Gasteiger partial charge in [0.1, 0.15) is 17.2 Å². The van der Waals surface area contributed by atoms with Crippen molar-refractivity contribution in [3.63, 3.8) is 0 Å². The van der Waals surface area contributed by atoms with E-state index in [0.29, 0.717) is 33.5 Å². The zero-order valence-corrected chi connectivity index (χ0v) is 19.5. The standard InChI is InChI=1S/C27H24N2O6/c1-33-18-11-9-17(10-12-18)26(31)28-15-20-24(27(32)35-3)29-23-19(25(20)30)13-14-21(34-2)22(23)16-7-5-4-6-8-16/h4-14H,15H2,1-3H3,(H,28,31)(H,29,30). The number of aromatic amines is 1. The summed E-state index contributed by atoms with van der Waals surface area (Å²) in [6.45, 7) is -0.173. The highest BCUT2D eigenvalue weighted by Crippen LogP contribution is 2.35. The predicted molar refractivity (Wildman–Crippen MR) is 132 cm³/mol. The van der Waals surface area contributed by atoms with Crippen LogP contribution in [0.2, 0.25) is 0 Å². The largest absolute Gasteiger partial charge is 0.497 e. The van der Waals surface area contributed by atoms with Crippen LogP contribution in [-0.4, -0.2) is 38.2 Å². The van der Waals surface area contributed by atoms with Crippen molar-refractivity contribution in [2.24, 2.45) is 0 Å². The van der Waals surface area contributed by atoms with Crippen molar-refractivity contribution in [1.29, 1.82) is 0 Å². The van der Waals surface area contributed by atoms with Gasteiger partial charge in [0.15, 0.2) is 5.43 Å². The van der Waals surface area contributed by atoms with Gasteiger partial charge in [0.2, 0.25) is 0 Å². The Hall–Kier alpha value is -4.59. The van der Waals surface area contributed by atoms with Gasteiger partial charge in [-0.2, -0.15) is 0 Å². The lowest BCUT2D eigenvalue weighted by Crippen LogP contribution is -2.29. The fraction of sp³-hybridized carbons (Fsp3) is 0.148. The number of rotatable bonds is 7. The Morgan fingerprint density at radius 2 is 1.60 bits per heavy atom. The van der Waals surface area contributed by atoms with Gasteiger partial charge >= 0.3 is 5.97 Å². The molecule has 0 aliphatic carbocycles. The van der Waals surface area contributed by atoms with E-state index < -0.39 is 17.3 Å². The first-order valence-electron chi connectivity index (χ1n) is 10.8. The van der Waals surface area contributed by atoms with E-state index in [-0.39, 0.29) is 17.8 Å². The van der Waals surface area contributed by atoms with Crippen LogP contribution in [0.25, 0.3) is 22.0 Å². The number of methoxy groups -OCH3 is 3. The van der Waals surface area contributed by atoms with E-state index in [9.17, 15) is 14.4 Å². The maximum atomic E-state index is 13.5. The monoisotopic (exact) mass is 472 g/mol. The van der Waals surface area contributed by atoms with E-state index >= 15 is 0 Å². The van der Waals surface area contributed by atoms with Crippen LogP contribution in [0.5, 0.6) is 11.5 Å². The summed E-state index contributed by atoms with van der Waals surface area (Å²) in [5.41, 5.74) is 1.93. The molecule has 0 aliphatic heterocycles. The molecule has 0 unspecified atom stereocenters. The molecule has 0 saturated heterocycles. The van der Waals surface area contributed by atoms with Crippen molar-refractivity contribution >= 4 is 22.8 Å². The third-order valence-electron chi connectivity index (χ3n) is 5.69. The molecule has 2 N–H and O–H groups in total. The van der Waals surface area contributed by atoms with Crippen molar-refractivity contribution in [3.05, 3.63) is 93.8 Å². The first-order chi connectivity index (χ1) is 17.0. The normalized spacial score (nSPS) is 10.6. The summed E-state index contributed by atoms with van der Waals surface area (Å²) >= 11 is 0. The molecule has 0 aliphatic rings. The summed E-state index contributed by atoms with van der Waals surface area (Å²) in [6, 6.07) is 19.3. The highest BCUT2D eigenvalue weighted by molar-refractivity contribution is 6.01. The lowest BCUT2D eigenvalue weighted by molar-refractivity contribution is 0.0592. The van der Waals surface area contributed by atoms with Gasteiger partial charge in [-0.25, -0.2) is 4.79 Å². The molecule has 35 heavy (non-hydrogen) atoms. The highest BCUT2D eigenvalue weighted by Gasteiger charge is 2.22. The molecule has 0 atom stereocenters. The summed E-state index contributed by atoms with van der Waals surface area (Å²) in [6.07, 6.45) is 0. The van der Waals surface area contributed by atoms with Gasteiger partial charge in [-0.05, 0) is 42.0 Å². The topological polar surface area (TPSA) is 107 Å². The van der Waals surface area contributed by atoms with Crippen LogP contribution in [0.3, 0.4) is 0 Å². The number of ether oxygens (including phenoxy) is 3. The van der Waals surface area contributed by atoms with E-state index in [1.807, 2.05) is 30.3 Å². The van der Waals surface area contributed by atoms with Crippen molar-refractivity contribution in [2.45, 2.75) is 6.54 Å². The maximum absolute atomic E-state index is 13.5. The molecule has 1 amide bonds. The molecule has 178 valence electrons. The Labute approximate surface area is 201 Å². The molecule has 0 radical (unpaired) electrons. The second-order valence-corrected chi connectivity index (χ2v) is 7.64. The summed E-state index contributed by atoms with van der Waals surface area (Å²) in [5.74, 6) is 0.0306. The Balaban J connectivity index is 1.81. The molecule has 8 nitrogen and oxygen atoms in total. The average Bonchev–Trinajstić information content (AvgIpc) is 2.91. The van der Waals surface area contributed by atoms with Crippen molar-refractivity contribution < 1.29 is 23.8 Å². The predicted octanol–water partition coefficient (Wildman–Crippen LogP) is 3.93. The summed E-state index contributed by atoms with van der Waals surface area (Å²) < 4.78 is 15.6. The number of aromatic nitrogens is 1. The fourth-order valence-electron chi connectivity index (χ4n) is 3.90. The van der Waals surface area contributed by atoms with Gasteiger partial charge in [0.25, 0.3) is 5.91 Å². The zero-order chi connectivity index (χ0) is 24.9. The molecule has 0 saturated carbocycles. The number of H-pyrrole nitrogens is 1. The number of esters is 1. The minimum Gasteiger partial charge on any atom is -0.497 e. The van der Waals surface area contributed by atoms with Gasteiger partial charge in [-0.15, -0.1) is 0 Å². The number of fused-ring (bicyclic) bond motifs is 1. The van der Waals surface area contributed by atoms with E-state index in [0.717, 1.165) is 5.56 Å². The maximum Gasteiger partial charge on any atom is 0.354 e. The summed E-state index contributed by atoms with van der Waals surface area (Å²) in [5, 5.41) is 3.07. The summed E-state index contributed by atoms with van der Waals surface area (Å²) in [7, 11) is 4.30. The Bertz CT molecular complexity index is 1440. The van der Waals surface area contributed by atoms with Crippen LogP contribution in [0.4, 0.5) is 0 Å². The van der Waals surface area contributed by atoms with Crippen molar-refractivity contribution in [2.75, 3.05) is 21.3 Å². The van der Waals surface area contributed by atoms with E-state index in [2.05, 4.69) is 10.3 Å². The minimum atomic E-state index is -0.723. The van der Waals surface area contributed by atoms with E-state index in [4.69, 9.17) is 14.2 Å². The second-order valence-electron chi connectivity index (χ2n) is 7.64. The number of carbonyl (C=O) groups is 2. The van der Waals surface area contributed by atoms with Crippen LogP contribution in [-0.2, 0) is 11.3 Å². The van der Waals surface area contributed by atoms with Crippen molar-refractivity contribution in [3.8, 4) is 22.6 Å². The molecule has 1 heterocycles. The van der Waals surface area contributed by atoms with E-state index in [1.54, 1.807) is 36.4 Å². The Morgan fingerprint density at radius 1 is 0.886 bits per heavy atom. The number of hydrogen-bond donors (Lipinski definition) is 2. The molecule has 4 rings (SSSR count). The SMILES string of the molecule is COC(=O)c1[nH]c2c(-c3ccccc3)c(OC)ccc2c(=O)c1CNC(=O)c1ccc(OC)cc1. The molecule has 8 heteroatoms. The quantitative estimate of drug-likeness (QED) is 0.395. The fourth-order valence-corrected chi connectivity index (χ4v) is 3.90. The Kier molecular flexibility index (Phi) is 6.82. The van der Waals surface area contributed by atoms with Crippen LogP contribution < -0.4 is 20.2 Å². The smallest absolute Gasteiger partial charge is 0.354 e. The molecule has 3 aromatic carbocycles. The molecule has 4 aromatic rings.